The largest absolute Gasteiger partial charge is 0.245 e. The maximum Gasteiger partial charge on any atom is 0.245 e. The van der Waals surface area contributed by atoms with Crippen molar-refractivity contribution in [2.45, 2.75) is 30.3 Å². The van der Waals surface area contributed by atoms with Gasteiger partial charge in [-0.25, -0.2) is 8.42 Å². The molecule has 1 aliphatic carbocycles. The third-order valence-corrected chi connectivity index (χ3v) is 6.43. The van der Waals surface area contributed by atoms with Gasteiger partial charge in [-0.05, 0) is 53.4 Å². The Morgan fingerprint density at radius 3 is 2.73 bits per heavy atom. The first-order chi connectivity index (χ1) is 10.5. The number of rotatable bonds is 5. The van der Waals surface area contributed by atoms with Gasteiger partial charge in [0.2, 0.25) is 10.0 Å². The van der Waals surface area contributed by atoms with Gasteiger partial charge in [-0.3, -0.25) is 0 Å². The lowest BCUT2D eigenvalue weighted by atomic mass is 10.2. The number of hydrogen-bond acceptors (Lipinski definition) is 4. The predicted octanol–water partition coefficient (Wildman–Crippen LogP) is 3.63. The van der Waals surface area contributed by atoms with Gasteiger partial charge in [-0.15, -0.1) is 0 Å². The molecule has 2 aromatic rings. The molecule has 0 N–H and O–H groups in total. The molecule has 0 aliphatic heterocycles. The molecule has 1 saturated carbocycles. The zero-order valence-electron chi connectivity index (χ0n) is 11.6. The second-order valence-corrected chi connectivity index (χ2v) is 8.24. The Kier molecular flexibility index (Phi) is 4.24. The number of nitrogens with zero attached hydrogens (tertiary/aromatic N) is 2. The molecule has 0 unspecified atom stereocenters. The van der Waals surface area contributed by atoms with E-state index >= 15 is 0 Å². The number of sulfonamides is 1. The molecule has 4 nitrogen and oxygen atoms in total. The summed E-state index contributed by atoms with van der Waals surface area (Å²) < 4.78 is 27.5. The monoisotopic (exact) mass is 352 g/mol. The van der Waals surface area contributed by atoms with E-state index in [0.717, 1.165) is 18.4 Å². The Bertz CT molecular complexity index is 822. The van der Waals surface area contributed by atoms with Gasteiger partial charge in [0.15, 0.2) is 0 Å². The van der Waals surface area contributed by atoms with Gasteiger partial charge >= 0.3 is 0 Å². The highest BCUT2D eigenvalue weighted by Crippen LogP contribution is 2.35. The Labute approximate surface area is 138 Å². The summed E-state index contributed by atoms with van der Waals surface area (Å²) in [5, 5.41) is 13.4. The van der Waals surface area contributed by atoms with Crippen molar-refractivity contribution in [3.8, 4) is 6.07 Å². The van der Waals surface area contributed by atoms with Gasteiger partial charge in [-0.2, -0.15) is 20.9 Å². The number of thiophene rings is 1. The molecule has 1 aromatic heterocycles. The summed E-state index contributed by atoms with van der Waals surface area (Å²) in [6.45, 7) is 0.327. The average molecular weight is 353 g/mol. The smallest absolute Gasteiger partial charge is 0.207 e. The topological polar surface area (TPSA) is 61.2 Å². The Hall–Kier alpha value is -1.39. The van der Waals surface area contributed by atoms with Crippen LogP contribution in [0.2, 0.25) is 5.02 Å². The van der Waals surface area contributed by atoms with Crippen molar-refractivity contribution in [1.82, 2.24) is 4.31 Å². The van der Waals surface area contributed by atoms with Crippen LogP contribution < -0.4 is 0 Å². The fraction of sp³-hybridized carbons (Fsp3) is 0.267. The fourth-order valence-corrected chi connectivity index (χ4v) is 5.00. The van der Waals surface area contributed by atoms with E-state index in [-0.39, 0.29) is 16.5 Å². The van der Waals surface area contributed by atoms with E-state index in [1.165, 1.54) is 33.8 Å². The zero-order valence-corrected chi connectivity index (χ0v) is 14.0. The minimum atomic E-state index is -3.75. The highest BCUT2D eigenvalue weighted by molar-refractivity contribution is 7.89. The summed E-state index contributed by atoms with van der Waals surface area (Å²) in [6, 6.07) is 8.20. The zero-order chi connectivity index (χ0) is 15.7. The summed E-state index contributed by atoms with van der Waals surface area (Å²) in [4.78, 5) is -0.00960. The molecule has 1 fully saturated rings. The highest BCUT2D eigenvalue weighted by atomic mass is 35.5. The molecule has 22 heavy (non-hydrogen) atoms. The molecule has 0 radical (unpaired) electrons. The van der Waals surface area contributed by atoms with Gasteiger partial charge in [0, 0.05) is 17.6 Å². The maximum atomic E-state index is 13.0. The number of hydrogen-bond donors (Lipinski definition) is 0. The van der Waals surface area contributed by atoms with Crippen LogP contribution in [0.15, 0.2) is 39.9 Å². The highest BCUT2D eigenvalue weighted by Gasteiger charge is 2.39. The molecule has 114 valence electrons. The van der Waals surface area contributed by atoms with E-state index in [4.69, 9.17) is 11.6 Å². The first-order valence-electron chi connectivity index (χ1n) is 6.75. The Balaban J connectivity index is 2.03. The Morgan fingerprint density at radius 1 is 1.36 bits per heavy atom. The SMILES string of the molecule is N#Cc1ccc(Cl)cc1S(=O)(=O)N(Cc1ccsc1)C1CC1. The van der Waals surface area contributed by atoms with Crippen molar-refractivity contribution in [1.29, 1.82) is 5.26 Å². The van der Waals surface area contributed by atoms with Gasteiger partial charge in [0.1, 0.15) is 11.0 Å². The summed E-state index contributed by atoms with van der Waals surface area (Å²) in [5.74, 6) is 0. The molecule has 0 saturated heterocycles. The Morgan fingerprint density at radius 2 is 2.14 bits per heavy atom. The number of benzene rings is 1. The average Bonchev–Trinajstić information content (AvgIpc) is 3.20. The lowest BCUT2D eigenvalue weighted by Crippen LogP contribution is -2.33. The van der Waals surface area contributed by atoms with E-state index in [9.17, 15) is 13.7 Å². The van der Waals surface area contributed by atoms with E-state index in [1.54, 1.807) is 0 Å². The summed E-state index contributed by atoms with van der Waals surface area (Å²) in [5.41, 5.74) is 1.08. The van der Waals surface area contributed by atoms with E-state index < -0.39 is 10.0 Å². The van der Waals surface area contributed by atoms with Gasteiger partial charge in [-0.1, -0.05) is 11.6 Å². The fourth-order valence-electron chi connectivity index (χ4n) is 2.26. The summed E-state index contributed by atoms with van der Waals surface area (Å²) >= 11 is 7.47. The van der Waals surface area contributed by atoms with Crippen molar-refractivity contribution in [3.63, 3.8) is 0 Å². The molecule has 0 bridgehead atoms. The molecule has 3 rings (SSSR count). The van der Waals surface area contributed by atoms with E-state index in [1.807, 2.05) is 22.9 Å². The van der Waals surface area contributed by atoms with E-state index in [0.29, 0.717) is 11.6 Å². The van der Waals surface area contributed by atoms with Crippen LogP contribution in [-0.4, -0.2) is 18.8 Å². The third-order valence-electron chi connectivity index (χ3n) is 3.52. The molecular weight excluding hydrogens is 340 g/mol. The van der Waals surface area contributed by atoms with Crippen LogP contribution in [-0.2, 0) is 16.6 Å². The van der Waals surface area contributed by atoms with Crippen LogP contribution >= 0.6 is 22.9 Å². The van der Waals surface area contributed by atoms with Crippen molar-refractivity contribution in [2.24, 2.45) is 0 Å². The molecule has 1 aliphatic rings. The lowest BCUT2D eigenvalue weighted by Gasteiger charge is -2.22. The van der Waals surface area contributed by atoms with Gasteiger partial charge in [0.05, 0.1) is 5.56 Å². The lowest BCUT2D eigenvalue weighted by molar-refractivity contribution is 0.399. The third kappa shape index (κ3) is 3.03. The van der Waals surface area contributed by atoms with Crippen LogP contribution in [0.25, 0.3) is 0 Å². The van der Waals surface area contributed by atoms with Crippen molar-refractivity contribution in [3.05, 3.63) is 51.2 Å². The van der Waals surface area contributed by atoms with Crippen LogP contribution in [0.1, 0.15) is 24.0 Å². The summed E-state index contributed by atoms with van der Waals surface area (Å²) in [7, 11) is -3.75. The van der Waals surface area contributed by atoms with Crippen LogP contribution in [0.3, 0.4) is 0 Å². The van der Waals surface area contributed by atoms with Crippen molar-refractivity contribution in [2.75, 3.05) is 0 Å². The number of halogens is 1. The van der Waals surface area contributed by atoms with Gasteiger partial charge < -0.3 is 0 Å². The van der Waals surface area contributed by atoms with Gasteiger partial charge in [0.25, 0.3) is 0 Å². The van der Waals surface area contributed by atoms with E-state index in [2.05, 4.69) is 0 Å². The second kappa shape index (κ2) is 6.01. The quantitative estimate of drug-likeness (QED) is 0.825. The van der Waals surface area contributed by atoms with Crippen molar-refractivity contribution < 1.29 is 8.42 Å². The second-order valence-electron chi connectivity index (χ2n) is 5.17. The molecule has 1 aromatic carbocycles. The first kappa shape index (κ1) is 15.5. The van der Waals surface area contributed by atoms with Crippen LogP contribution in [0, 0.1) is 11.3 Å². The molecular formula is C15H13ClN2O2S2. The minimum Gasteiger partial charge on any atom is -0.207 e. The maximum absolute atomic E-state index is 13.0. The number of nitriles is 1. The minimum absolute atomic E-state index is 0.00960. The molecule has 0 amide bonds. The van der Waals surface area contributed by atoms with Crippen LogP contribution in [0.5, 0.6) is 0 Å². The predicted molar refractivity (Wildman–Crippen MR) is 86.2 cm³/mol. The normalized spacial score (nSPS) is 15.0. The van der Waals surface area contributed by atoms with Crippen molar-refractivity contribution >= 4 is 33.0 Å². The molecule has 0 atom stereocenters. The summed E-state index contributed by atoms with van der Waals surface area (Å²) in [6.07, 6.45) is 1.71. The molecule has 0 spiro atoms. The first-order valence-corrected chi connectivity index (χ1v) is 9.51. The molecule has 1 heterocycles. The van der Waals surface area contributed by atoms with Crippen LogP contribution in [0.4, 0.5) is 0 Å². The standard InChI is InChI=1S/C15H13ClN2O2S2/c16-13-2-1-12(8-17)15(7-13)22(19,20)18(14-3-4-14)9-11-5-6-21-10-11/h1-2,5-7,10,14H,3-4,9H2. The molecule has 7 heteroatoms.